The minimum atomic E-state index is -0.410. The number of ketones is 1. The van der Waals surface area contributed by atoms with Crippen LogP contribution in [0, 0.1) is 0 Å². The van der Waals surface area contributed by atoms with E-state index in [0.717, 1.165) is 10.0 Å². The van der Waals surface area contributed by atoms with Gasteiger partial charge in [-0.15, -0.1) is 0 Å². The lowest BCUT2D eigenvalue weighted by Gasteiger charge is -2.16. The first-order chi connectivity index (χ1) is 6.87. The zero-order chi connectivity index (χ0) is 11.5. The van der Waals surface area contributed by atoms with Crippen LogP contribution < -0.4 is 5.73 Å². The van der Waals surface area contributed by atoms with Crippen LogP contribution in [0.5, 0.6) is 0 Å². The van der Waals surface area contributed by atoms with Crippen LogP contribution >= 0.6 is 15.9 Å². The van der Waals surface area contributed by atoms with Gasteiger partial charge < -0.3 is 5.73 Å². The molecule has 0 fully saturated rings. The Morgan fingerprint density at radius 1 is 1.33 bits per heavy atom. The van der Waals surface area contributed by atoms with Gasteiger partial charge >= 0.3 is 0 Å². The van der Waals surface area contributed by atoms with Crippen molar-refractivity contribution in [3.05, 3.63) is 34.3 Å². The van der Waals surface area contributed by atoms with Crippen molar-refractivity contribution >= 4 is 21.7 Å². The Labute approximate surface area is 99.0 Å². The lowest BCUT2D eigenvalue weighted by atomic mass is 9.96. The highest BCUT2D eigenvalue weighted by Crippen LogP contribution is 2.13. The van der Waals surface area contributed by atoms with Crippen molar-refractivity contribution in [2.45, 2.75) is 32.2 Å². The molecule has 0 bridgehead atoms. The van der Waals surface area contributed by atoms with E-state index >= 15 is 0 Å². The number of carbonyl (C=O) groups excluding carboxylic acids is 1. The minimum absolute atomic E-state index is 0.185. The average Bonchev–Trinajstić information content (AvgIpc) is 2.05. The van der Waals surface area contributed by atoms with Crippen molar-refractivity contribution < 1.29 is 4.79 Å². The topological polar surface area (TPSA) is 43.1 Å². The van der Waals surface area contributed by atoms with E-state index in [9.17, 15) is 4.79 Å². The second-order valence-corrected chi connectivity index (χ2v) is 5.42. The largest absolute Gasteiger partial charge is 0.325 e. The maximum atomic E-state index is 11.6. The first-order valence-electron chi connectivity index (χ1n) is 4.92. The van der Waals surface area contributed by atoms with Gasteiger partial charge in [-0.1, -0.05) is 28.1 Å². The van der Waals surface area contributed by atoms with Gasteiger partial charge in [0.05, 0.1) is 0 Å². The predicted octanol–water partition coefficient (Wildman–Crippen LogP) is 2.69. The third-order valence-electron chi connectivity index (χ3n) is 1.97. The molecule has 0 atom stereocenters. The number of rotatable bonds is 4. The van der Waals surface area contributed by atoms with Crippen molar-refractivity contribution in [2.24, 2.45) is 5.73 Å². The second kappa shape index (κ2) is 4.90. The second-order valence-electron chi connectivity index (χ2n) is 4.51. The summed E-state index contributed by atoms with van der Waals surface area (Å²) in [7, 11) is 0. The van der Waals surface area contributed by atoms with Crippen molar-refractivity contribution in [3.63, 3.8) is 0 Å². The van der Waals surface area contributed by atoms with Crippen LogP contribution in [0.2, 0.25) is 0 Å². The summed E-state index contributed by atoms with van der Waals surface area (Å²) in [6.07, 6.45) is 0.886. The third-order valence-corrected chi connectivity index (χ3v) is 2.50. The third kappa shape index (κ3) is 5.09. The van der Waals surface area contributed by atoms with Crippen LogP contribution in [0.3, 0.4) is 0 Å². The molecule has 82 valence electrons. The van der Waals surface area contributed by atoms with Crippen LogP contribution in [0.1, 0.15) is 25.8 Å². The summed E-state index contributed by atoms with van der Waals surface area (Å²) in [5.74, 6) is 0.185. The monoisotopic (exact) mass is 269 g/mol. The molecule has 0 aliphatic heterocycles. The summed E-state index contributed by atoms with van der Waals surface area (Å²) >= 11 is 3.36. The Kier molecular flexibility index (Phi) is 4.05. The van der Waals surface area contributed by atoms with E-state index in [1.165, 1.54) is 0 Å². The van der Waals surface area contributed by atoms with E-state index in [-0.39, 0.29) is 5.78 Å². The molecular weight excluding hydrogens is 254 g/mol. The molecule has 3 heteroatoms. The Hall–Kier alpha value is -0.670. The van der Waals surface area contributed by atoms with E-state index < -0.39 is 5.54 Å². The van der Waals surface area contributed by atoms with Crippen molar-refractivity contribution in [1.82, 2.24) is 0 Å². The summed E-state index contributed by atoms with van der Waals surface area (Å²) < 4.78 is 1.03. The Morgan fingerprint density at radius 2 is 1.87 bits per heavy atom. The van der Waals surface area contributed by atoms with Crippen LogP contribution in [-0.2, 0) is 11.2 Å². The summed E-state index contributed by atoms with van der Waals surface area (Å²) in [5, 5.41) is 0. The average molecular weight is 270 g/mol. The van der Waals surface area contributed by atoms with Crippen LogP contribution in [-0.4, -0.2) is 11.3 Å². The standard InChI is InChI=1S/C12H16BrNO/c1-12(2,14)8-11(15)7-9-3-5-10(13)6-4-9/h3-6H,7-8,14H2,1-2H3. The maximum Gasteiger partial charge on any atom is 0.139 e. The first kappa shape index (κ1) is 12.4. The van der Waals surface area contributed by atoms with Gasteiger partial charge in [0.2, 0.25) is 0 Å². The highest BCUT2D eigenvalue weighted by molar-refractivity contribution is 9.10. The molecule has 0 saturated carbocycles. The molecule has 0 radical (unpaired) electrons. The van der Waals surface area contributed by atoms with Gasteiger partial charge in [-0.3, -0.25) is 4.79 Å². The molecule has 0 aromatic heterocycles. The number of halogens is 1. The SMILES string of the molecule is CC(C)(N)CC(=O)Cc1ccc(Br)cc1. The van der Waals surface area contributed by atoms with E-state index in [1.54, 1.807) is 0 Å². The van der Waals surface area contributed by atoms with Gasteiger partial charge in [0.15, 0.2) is 0 Å². The summed E-state index contributed by atoms with van der Waals surface area (Å²) in [6, 6.07) is 7.78. The molecule has 2 N–H and O–H groups in total. The van der Waals surface area contributed by atoms with Crippen LogP contribution in [0.25, 0.3) is 0 Å². The molecular formula is C12H16BrNO. The number of carbonyl (C=O) groups is 1. The van der Waals surface area contributed by atoms with Gasteiger partial charge in [0, 0.05) is 22.9 Å². The van der Waals surface area contributed by atoms with Crippen molar-refractivity contribution in [2.75, 3.05) is 0 Å². The van der Waals surface area contributed by atoms with Crippen molar-refractivity contribution in [1.29, 1.82) is 0 Å². The quantitative estimate of drug-likeness (QED) is 0.914. The molecule has 0 aliphatic rings. The highest BCUT2D eigenvalue weighted by Gasteiger charge is 2.16. The van der Waals surface area contributed by atoms with E-state index in [2.05, 4.69) is 15.9 Å². The number of Topliss-reactive ketones (excluding diaryl/α,β-unsaturated/α-hetero) is 1. The molecule has 0 unspecified atom stereocenters. The zero-order valence-electron chi connectivity index (χ0n) is 9.09. The zero-order valence-corrected chi connectivity index (χ0v) is 10.7. The molecule has 0 spiro atoms. The highest BCUT2D eigenvalue weighted by atomic mass is 79.9. The fraction of sp³-hybridized carbons (Fsp3) is 0.417. The number of hydrogen-bond donors (Lipinski definition) is 1. The normalized spacial score (nSPS) is 11.5. The summed E-state index contributed by atoms with van der Waals surface area (Å²) in [5.41, 5.74) is 6.41. The lowest BCUT2D eigenvalue weighted by Crippen LogP contribution is -2.35. The fourth-order valence-electron chi connectivity index (χ4n) is 1.40. The summed E-state index contributed by atoms with van der Waals surface area (Å²) in [4.78, 5) is 11.6. The Bertz CT molecular complexity index is 338. The van der Waals surface area contributed by atoms with E-state index in [4.69, 9.17) is 5.73 Å². The fourth-order valence-corrected chi connectivity index (χ4v) is 1.66. The van der Waals surface area contributed by atoms with Crippen LogP contribution in [0.15, 0.2) is 28.7 Å². The molecule has 2 nitrogen and oxygen atoms in total. The van der Waals surface area contributed by atoms with Crippen molar-refractivity contribution in [3.8, 4) is 0 Å². The Balaban J connectivity index is 2.55. The van der Waals surface area contributed by atoms with Gasteiger partial charge in [-0.05, 0) is 31.5 Å². The number of hydrogen-bond acceptors (Lipinski definition) is 2. The first-order valence-corrected chi connectivity index (χ1v) is 5.71. The smallest absolute Gasteiger partial charge is 0.139 e. The van der Waals surface area contributed by atoms with Gasteiger partial charge in [-0.2, -0.15) is 0 Å². The number of nitrogens with two attached hydrogens (primary N) is 1. The molecule has 1 aromatic carbocycles. The van der Waals surface area contributed by atoms with Gasteiger partial charge in [0.25, 0.3) is 0 Å². The van der Waals surface area contributed by atoms with E-state index in [0.29, 0.717) is 12.8 Å². The minimum Gasteiger partial charge on any atom is -0.325 e. The molecule has 0 amide bonds. The molecule has 0 heterocycles. The molecule has 0 aliphatic carbocycles. The number of benzene rings is 1. The van der Waals surface area contributed by atoms with Gasteiger partial charge in [0.1, 0.15) is 5.78 Å². The van der Waals surface area contributed by atoms with Gasteiger partial charge in [-0.25, -0.2) is 0 Å². The molecule has 1 rings (SSSR count). The predicted molar refractivity (Wildman–Crippen MR) is 65.7 cm³/mol. The van der Waals surface area contributed by atoms with Crippen LogP contribution in [0.4, 0.5) is 0 Å². The lowest BCUT2D eigenvalue weighted by molar-refractivity contribution is -0.119. The molecule has 0 saturated heterocycles. The van der Waals surface area contributed by atoms with E-state index in [1.807, 2.05) is 38.1 Å². The molecule has 15 heavy (non-hydrogen) atoms. The Morgan fingerprint density at radius 3 is 2.33 bits per heavy atom. The maximum absolute atomic E-state index is 11.6. The molecule has 1 aromatic rings. The summed E-state index contributed by atoms with van der Waals surface area (Å²) in [6.45, 7) is 3.74.